The number of H-pyrrole nitrogens is 1. The maximum Gasteiger partial charge on any atom is 0.192 e. The molecule has 0 aliphatic heterocycles. The van der Waals surface area contributed by atoms with Crippen LogP contribution in [-0.4, -0.2) is 15.1 Å². The average molecular weight is 148 g/mol. The maximum absolute atomic E-state index is 9.26. The summed E-state index contributed by atoms with van der Waals surface area (Å²) in [7, 11) is 0. The average Bonchev–Trinajstić information content (AvgIpc) is 2.30. The molecule has 0 radical (unpaired) electrons. The van der Waals surface area contributed by atoms with E-state index in [0.717, 1.165) is 16.5 Å². The third kappa shape index (κ3) is 0.774. The third-order valence-corrected chi connectivity index (χ3v) is 1.83. The van der Waals surface area contributed by atoms with Crippen LogP contribution in [0.5, 0.6) is 5.88 Å². The van der Waals surface area contributed by atoms with Gasteiger partial charge < -0.3 is 10.1 Å². The van der Waals surface area contributed by atoms with Crippen molar-refractivity contribution in [2.45, 2.75) is 6.92 Å². The van der Waals surface area contributed by atoms with Crippen LogP contribution < -0.4 is 0 Å². The van der Waals surface area contributed by atoms with Gasteiger partial charge in [-0.2, -0.15) is 0 Å². The summed E-state index contributed by atoms with van der Waals surface area (Å²) in [5.74, 6) is 0.230. The van der Waals surface area contributed by atoms with Gasteiger partial charge in [-0.25, -0.2) is 0 Å². The van der Waals surface area contributed by atoms with Crippen LogP contribution in [0.15, 0.2) is 18.5 Å². The largest absolute Gasteiger partial charge is 0.494 e. The molecule has 2 heterocycles. The van der Waals surface area contributed by atoms with E-state index in [1.165, 1.54) is 0 Å². The fraction of sp³-hybridized carbons (Fsp3) is 0.125. The first-order valence-electron chi connectivity index (χ1n) is 3.40. The molecule has 3 nitrogen and oxygen atoms in total. The highest BCUT2D eigenvalue weighted by atomic mass is 16.3. The lowest BCUT2D eigenvalue weighted by atomic mass is 10.2. The van der Waals surface area contributed by atoms with Gasteiger partial charge in [-0.1, -0.05) is 0 Å². The van der Waals surface area contributed by atoms with Crippen molar-refractivity contribution >= 4 is 10.9 Å². The smallest absolute Gasteiger partial charge is 0.192 e. The highest BCUT2D eigenvalue weighted by Gasteiger charge is 2.03. The van der Waals surface area contributed by atoms with Crippen LogP contribution in [0.1, 0.15) is 5.56 Å². The number of aromatic hydroxyl groups is 1. The van der Waals surface area contributed by atoms with E-state index in [9.17, 15) is 5.11 Å². The van der Waals surface area contributed by atoms with E-state index in [0.29, 0.717) is 0 Å². The van der Waals surface area contributed by atoms with Gasteiger partial charge in [0.15, 0.2) is 5.88 Å². The highest BCUT2D eigenvalue weighted by molar-refractivity contribution is 5.84. The summed E-state index contributed by atoms with van der Waals surface area (Å²) >= 11 is 0. The quantitative estimate of drug-likeness (QED) is 0.595. The Bertz CT molecular complexity index is 392. The Balaban J connectivity index is 2.92. The molecule has 0 aromatic carbocycles. The van der Waals surface area contributed by atoms with Gasteiger partial charge in [-0.3, -0.25) is 4.98 Å². The molecule has 56 valence electrons. The number of pyridine rings is 1. The summed E-state index contributed by atoms with van der Waals surface area (Å²) < 4.78 is 0. The van der Waals surface area contributed by atoms with E-state index < -0.39 is 0 Å². The van der Waals surface area contributed by atoms with Gasteiger partial charge in [0.1, 0.15) is 0 Å². The maximum atomic E-state index is 9.26. The van der Waals surface area contributed by atoms with E-state index in [1.807, 2.05) is 13.0 Å². The monoisotopic (exact) mass is 148 g/mol. The Hall–Kier alpha value is -1.51. The molecule has 0 aliphatic rings. The predicted molar refractivity (Wildman–Crippen MR) is 42.5 cm³/mol. The van der Waals surface area contributed by atoms with Crippen LogP contribution in [0, 0.1) is 6.92 Å². The molecule has 11 heavy (non-hydrogen) atoms. The number of aromatic nitrogens is 2. The van der Waals surface area contributed by atoms with Crippen LogP contribution in [0.4, 0.5) is 0 Å². The molecule has 2 aromatic rings. The number of hydrogen-bond acceptors (Lipinski definition) is 2. The summed E-state index contributed by atoms with van der Waals surface area (Å²) in [5, 5.41) is 10.3. The van der Waals surface area contributed by atoms with Crippen molar-refractivity contribution in [3.8, 4) is 5.88 Å². The lowest BCUT2D eigenvalue weighted by molar-refractivity contribution is 0.454. The Morgan fingerprint density at radius 3 is 3.09 bits per heavy atom. The van der Waals surface area contributed by atoms with Crippen molar-refractivity contribution in [2.75, 3.05) is 0 Å². The molecule has 2 aromatic heterocycles. The second kappa shape index (κ2) is 1.99. The minimum Gasteiger partial charge on any atom is -0.494 e. The molecule has 0 bridgehead atoms. The molecule has 2 rings (SSSR count). The van der Waals surface area contributed by atoms with E-state index >= 15 is 0 Å². The molecule has 2 N–H and O–H groups in total. The van der Waals surface area contributed by atoms with Crippen LogP contribution in [0.2, 0.25) is 0 Å². The number of aryl methyl sites for hydroxylation is 1. The molecule has 3 heteroatoms. The summed E-state index contributed by atoms with van der Waals surface area (Å²) in [6.07, 6.45) is 3.41. The number of rotatable bonds is 0. The van der Waals surface area contributed by atoms with Crippen LogP contribution in [0.3, 0.4) is 0 Å². The normalized spacial score (nSPS) is 10.6. The van der Waals surface area contributed by atoms with Crippen LogP contribution in [0.25, 0.3) is 10.9 Å². The summed E-state index contributed by atoms with van der Waals surface area (Å²) in [4.78, 5) is 6.74. The standard InChI is InChI=1S/C8H8N2O/c1-5-6-2-3-9-4-7(6)10-8(5)11/h2-4,10-11H,1H3. The third-order valence-electron chi connectivity index (χ3n) is 1.83. The molecule has 0 fully saturated rings. The SMILES string of the molecule is Cc1c(O)[nH]c2cnccc12. The number of aromatic amines is 1. The van der Waals surface area contributed by atoms with Gasteiger partial charge in [-0.05, 0) is 13.0 Å². The van der Waals surface area contributed by atoms with Gasteiger partial charge in [0, 0.05) is 17.1 Å². The topological polar surface area (TPSA) is 48.9 Å². The molecule has 0 saturated heterocycles. The highest BCUT2D eigenvalue weighted by Crippen LogP contribution is 2.24. The molecule has 0 saturated carbocycles. The minimum atomic E-state index is 0.230. The molecular formula is C8H8N2O. The molecule has 0 aliphatic carbocycles. The Kier molecular flexibility index (Phi) is 1.12. The first-order valence-corrected chi connectivity index (χ1v) is 3.40. The zero-order chi connectivity index (χ0) is 7.84. The lowest BCUT2D eigenvalue weighted by Gasteiger charge is -1.86. The minimum absolute atomic E-state index is 0.230. The Morgan fingerprint density at radius 2 is 2.36 bits per heavy atom. The molecular weight excluding hydrogens is 140 g/mol. The summed E-state index contributed by atoms with van der Waals surface area (Å²) in [5.41, 5.74) is 1.75. The van der Waals surface area contributed by atoms with Crippen molar-refractivity contribution in [1.82, 2.24) is 9.97 Å². The van der Waals surface area contributed by atoms with Crippen LogP contribution >= 0.6 is 0 Å². The zero-order valence-electron chi connectivity index (χ0n) is 6.13. The van der Waals surface area contributed by atoms with Gasteiger partial charge in [0.05, 0.1) is 11.7 Å². The van der Waals surface area contributed by atoms with Crippen molar-refractivity contribution in [3.63, 3.8) is 0 Å². The van der Waals surface area contributed by atoms with Crippen molar-refractivity contribution in [2.24, 2.45) is 0 Å². The lowest BCUT2D eigenvalue weighted by Crippen LogP contribution is -1.70. The number of hydrogen-bond donors (Lipinski definition) is 2. The zero-order valence-corrected chi connectivity index (χ0v) is 6.13. The number of nitrogens with one attached hydrogen (secondary N) is 1. The van der Waals surface area contributed by atoms with Crippen molar-refractivity contribution < 1.29 is 5.11 Å². The second-order valence-electron chi connectivity index (χ2n) is 2.52. The van der Waals surface area contributed by atoms with Gasteiger partial charge in [-0.15, -0.1) is 0 Å². The first-order chi connectivity index (χ1) is 5.29. The number of nitrogens with zero attached hydrogens (tertiary/aromatic N) is 1. The fourth-order valence-corrected chi connectivity index (χ4v) is 1.17. The first kappa shape index (κ1) is 6.22. The Labute approximate surface area is 63.7 Å². The van der Waals surface area contributed by atoms with E-state index in [4.69, 9.17) is 0 Å². The summed E-state index contributed by atoms with van der Waals surface area (Å²) in [6, 6.07) is 1.88. The molecule has 0 atom stereocenters. The van der Waals surface area contributed by atoms with Crippen molar-refractivity contribution in [1.29, 1.82) is 0 Å². The van der Waals surface area contributed by atoms with E-state index in [1.54, 1.807) is 12.4 Å². The Morgan fingerprint density at radius 1 is 1.55 bits per heavy atom. The van der Waals surface area contributed by atoms with Crippen LogP contribution in [-0.2, 0) is 0 Å². The van der Waals surface area contributed by atoms with E-state index in [-0.39, 0.29) is 5.88 Å². The number of fused-ring (bicyclic) bond motifs is 1. The summed E-state index contributed by atoms with van der Waals surface area (Å²) in [6.45, 7) is 1.87. The molecule has 0 unspecified atom stereocenters. The van der Waals surface area contributed by atoms with Gasteiger partial charge in [0.25, 0.3) is 0 Å². The van der Waals surface area contributed by atoms with E-state index in [2.05, 4.69) is 9.97 Å². The predicted octanol–water partition coefficient (Wildman–Crippen LogP) is 1.58. The van der Waals surface area contributed by atoms with Crippen molar-refractivity contribution in [3.05, 3.63) is 24.0 Å². The van der Waals surface area contributed by atoms with Gasteiger partial charge in [0.2, 0.25) is 0 Å². The molecule has 0 spiro atoms. The van der Waals surface area contributed by atoms with Gasteiger partial charge >= 0.3 is 0 Å². The molecule has 0 amide bonds. The fourth-order valence-electron chi connectivity index (χ4n) is 1.17. The second-order valence-corrected chi connectivity index (χ2v) is 2.52.